The highest BCUT2D eigenvalue weighted by Crippen LogP contribution is 2.43. The van der Waals surface area contributed by atoms with Crippen LogP contribution in [0.2, 0.25) is 0 Å². The number of pyridine rings is 2. The number of hydrogen-bond acceptors (Lipinski definition) is 4. The lowest BCUT2D eigenvalue weighted by molar-refractivity contribution is 0.203. The summed E-state index contributed by atoms with van der Waals surface area (Å²) in [6.07, 6.45) is 3.65. The first-order valence-electron chi connectivity index (χ1n) is 7.56. The summed E-state index contributed by atoms with van der Waals surface area (Å²) in [5.41, 5.74) is 1.68. The summed E-state index contributed by atoms with van der Waals surface area (Å²) in [5, 5.41) is 1.86. The molecule has 0 aliphatic heterocycles. The zero-order valence-electron chi connectivity index (χ0n) is 13.3. The van der Waals surface area contributed by atoms with Crippen LogP contribution in [0.4, 0.5) is 0 Å². The molecule has 0 unspecified atom stereocenters. The first kappa shape index (κ1) is 14.6. The highest BCUT2D eigenvalue weighted by atomic mass is 16.5. The van der Waals surface area contributed by atoms with Gasteiger partial charge in [0.05, 0.1) is 12.2 Å². The largest absolute Gasteiger partial charge is 0.486 e. The summed E-state index contributed by atoms with van der Waals surface area (Å²) >= 11 is 0. The van der Waals surface area contributed by atoms with Crippen LogP contribution >= 0.6 is 0 Å². The summed E-state index contributed by atoms with van der Waals surface area (Å²) in [4.78, 5) is 9.00. The Bertz CT molecular complexity index is 744. The molecule has 0 bridgehead atoms. The Morgan fingerprint density at radius 3 is 1.50 bits per heavy atom. The Hall–Kier alpha value is -2.36. The Balaban J connectivity index is 2.43. The number of aromatic nitrogens is 2. The Morgan fingerprint density at radius 2 is 1.14 bits per heavy atom. The van der Waals surface area contributed by atoms with E-state index < -0.39 is 0 Å². The Labute approximate surface area is 130 Å². The number of rotatable bonds is 4. The van der Waals surface area contributed by atoms with Crippen molar-refractivity contribution in [2.45, 2.75) is 39.9 Å². The quantitative estimate of drug-likeness (QED) is 0.671. The third-order valence-corrected chi connectivity index (χ3v) is 3.24. The van der Waals surface area contributed by atoms with Crippen molar-refractivity contribution in [2.75, 3.05) is 0 Å². The number of benzene rings is 1. The van der Waals surface area contributed by atoms with E-state index in [2.05, 4.69) is 9.97 Å². The highest BCUT2D eigenvalue weighted by molar-refractivity contribution is 6.09. The minimum absolute atomic E-state index is 0.0482. The van der Waals surface area contributed by atoms with Gasteiger partial charge in [0.15, 0.2) is 11.5 Å². The van der Waals surface area contributed by atoms with Crippen LogP contribution in [0.25, 0.3) is 21.8 Å². The van der Waals surface area contributed by atoms with Crippen molar-refractivity contribution in [3.05, 3.63) is 36.7 Å². The topological polar surface area (TPSA) is 44.2 Å². The predicted octanol–water partition coefficient (Wildman–Crippen LogP) is 4.36. The van der Waals surface area contributed by atoms with Crippen LogP contribution < -0.4 is 9.47 Å². The number of ether oxygens (including phenoxy) is 2. The van der Waals surface area contributed by atoms with Crippen LogP contribution in [0.3, 0.4) is 0 Å². The molecular formula is C18H20N2O2. The Kier molecular flexibility index (Phi) is 3.84. The van der Waals surface area contributed by atoms with Crippen LogP contribution in [-0.2, 0) is 0 Å². The average Bonchev–Trinajstić information content (AvgIpc) is 2.50. The molecule has 3 rings (SSSR count). The molecule has 0 radical (unpaired) electrons. The molecule has 0 fully saturated rings. The van der Waals surface area contributed by atoms with Crippen molar-refractivity contribution >= 4 is 21.8 Å². The molecular weight excluding hydrogens is 276 g/mol. The third kappa shape index (κ3) is 2.56. The SMILES string of the molecule is CC(C)Oc1c(OC(C)C)c2cccnc2c2ncccc12. The van der Waals surface area contributed by atoms with E-state index in [1.807, 2.05) is 52.0 Å². The van der Waals surface area contributed by atoms with Crippen molar-refractivity contribution in [2.24, 2.45) is 0 Å². The molecule has 0 atom stereocenters. The molecule has 0 saturated heterocycles. The fraction of sp³-hybridized carbons (Fsp3) is 0.333. The standard InChI is InChI=1S/C18H20N2O2/c1-11(2)21-17-13-7-5-9-19-15(13)16-14(8-6-10-20-16)18(17)22-12(3)4/h5-12H,1-4H3. The molecule has 0 saturated carbocycles. The van der Waals surface area contributed by atoms with Crippen LogP contribution in [0.5, 0.6) is 11.5 Å². The number of fused-ring (bicyclic) bond motifs is 3. The molecule has 114 valence electrons. The maximum atomic E-state index is 6.07. The van der Waals surface area contributed by atoms with Crippen LogP contribution in [0.15, 0.2) is 36.7 Å². The summed E-state index contributed by atoms with van der Waals surface area (Å²) < 4.78 is 12.1. The second kappa shape index (κ2) is 5.79. The van der Waals surface area contributed by atoms with E-state index in [9.17, 15) is 0 Å². The highest BCUT2D eigenvalue weighted by Gasteiger charge is 2.20. The van der Waals surface area contributed by atoms with Gasteiger partial charge in [0, 0.05) is 23.2 Å². The zero-order chi connectivity index (χ0) is 15.7. The van der Waals surface area contributed by atoms with Crippen molar-refractivity contribution in [3.8, 4) is 11.5 Å². The van der Waals surface area contributed by atoms with Gasteiger partial charge in [-0.1, -0.05) is 0 Å². The van der Waals surface area contributed by atoms with Crippen molar-refractivity contribution < 1.29 is 9.47 Å². The van der Waals surface area contributed by atoms with Crippen molar-refractivity contribution in [1.82, 2.24) is 9.97 Å². The maximum Gasteiger partial charge on any atom is 0.171 e. The fourth-order valence-corrected chi connectivity index (χ4v) is 2.50. The first-order valence-corrected chi connectivity index (χ1v) is 7.56. The van der Waals surface area contributed by atoms with E-state index in [1.165, 1.54) is 0 Å². The second-order valence-corrected chi connectivity index (χ2v) is 5.79. The molecule has 0 amide bonds. The molecule has 2 heterocycles. The lowest BCUT2D eigenvalue weighted by Gasteiger charge is -2.20. The van der Waals surface area contributed by atoms with E-state index in [-0.39, 0.29) is 12.2 Å². The molecule has 0 N–H and O–H groups in total. The van der Waals surface area contributed by atoms with Gasteiger partial charge in [-0.2, -0.15) is 0 Å². The number of nitrogens with zero attached hydrogens (tertiary/aromatic N) is 2. The van der Waals surface area contributed by atoms with Gasteiger partial charge in [-0.05, 0) is 52.0 Å². The molecule has 4 heteroatoms. The van der Waals surface area contributed by atoms with Crippen molar-refractivity contribution in [3.63, 3.8) is 0 Å². The van der Waals surface area contributed by atoms with Crippen LogP contribution in [0.1, 0.15) is 27.7 Å². The van der Waals surface area contributed by atoms with E-state index in [1.54, 1.807) is 12.4 Å². The third-order valence-electron chi connectivity index (χ3n) is 3.24. The minimum Gasteiger partial charge on any atom is -0.486 e. The van der Waals surface area contributed by atoms with Gasteiger partial charge in [-0.3, -0.25) is 9.97 Å². The van der Waals surface area contributed by atoms with E-state index in [0.717, 1.165) is 33.3 Å². The van der Waals surface area contributed by atoms with Gasteiger partial charge in [-0.15, -0.1) is 0 Å². The Morgan fingerprint density at radius 1 is 0.727 bits per heavy atom. The van der Waals surface area contributed by atoms with Crippen LogP contribution in [-0.4, -0.2) is 22.2 Å². The van der Waals surface area contributed by atoms with Gasteiger partial charge in [0.2, 0.25) is 0 Å². The first-order chi connectivity index (χ1) is 10.6. The lowest BCUT2D eigenvalue weighted by atomic mass is 10.1. The maximum absolute atomic E-state index is 6.07. The molecule has 22 heavy (non-hydrogen) atoms. The molecule has 2 aromatic heterocycles. The monoisotopic (exact) mass is 296 g/mol. The van der Waals surface area contributed by atoms with E-state index in [4.69, 9.17) is 9.47 Å². The summed E-state index contributed by atoms with van der Waals surface area (Å²) in [6.45, 7) is 8.03. The summed E-state index contributed by atoms with van der Waals surface area (Å²) in [7, 11) is 0. The van der Waals surface area contributed by atoms with E-state index >= 15 is 0 Å². The minimum atomic E-state index is 0.0482. The molecule has 0 aliphatic rings. The zero-order valence-corrected chi connectivity index (χ0v) is 13.3. The van der Waals surface area contributed by atoms with Gasteiger partial charge in [-0.25, -0.2) is 0 Å². The van der Waals surface area contributed by atoms with Crippen LogP contribution in [0, 0.1) is 0 Å². The molecule has 1 aromatic carbocycles. The van der Waals surface area contributed by atoms with E-state index in [0.29, 0.717) is 0 Å². The number of hydrogen-bond donors (Lipinski definition) is 0. The lowest BCUT2D eigenvalue weighted by Crippen LogP contribution is -2.12. The van der Waals surface area contributed by atoms with Gasteiger partial charge < -0.3 is 9.47 Å². The smallest absolute Gasteiger partial charge is 0.171 e. The average molecular weight is 296 g/mol. The predicted molar refractivity (Wildman–Crippen MR) is 88.6 cm³/mol. The molecule has 4 nitrogen and oxygen atoms in total. The molecule has 0 aliphatic carbocycles. The molecule has 0 spiro atoms. The van der Waals surface area contributed by atoms with Gasteiger partial charge in [0.1, 0.15) is 11.0 Å². The normalized spacial score (nSPS) is 11.5. The molecule has 3 aromatic rings. The second-order valence-electron chi connectivity index (χ2n) is 5.79. The van der Waals surface area contributed by atoms with Gasteiger partial charge in [0.25, 0.3) is 0 Å². The fourth-order valence-electron chi connectivity index (χ4n) is 2.50. The van der Waals surface area contributed by atoms with Crippen molar-refractivity contribution in [1.29, 1.82) is 0 Å². The van der Waals surface area contributed by atoms with Gasteiger partial charge >= 0.3 is 0 Å². The summed E-state index contributed by atoms with van der Waals surface area (Å²) in [5.74, 6) is 1.49. The summed E-state index contributed by atoms with van der Waals surface area (Å²) in [6, 6.07) is 7.82.